The van der Waals surface area contributed by atoms with E-state index in [1.807, 2.05) is 0 Å². The van der Waals surface area contributed by atoms with E-state index >= 15 is 0 Å². The number of ether oxygens (including phenoxy) is 1. The first kappa shape index (κ1) is 19.4. The monoisotopic (exact) mass is 368 g/mol. The average molecular weight is 368 g/mol. The first-order chi connectivity index (χ1) is 11.7. The summed E-state index contributed by atoms with van der Waals surface area (Å²) in [5.74, 6) is -1.48. The van der Waals surface area contributed by atoms with Gasteiger partial charge in [0.2, 0.25) is 10.0 Å². The highest BCUT2D eigenvalue weighted by Crippen LogP contribution is 2.19. The van der Waals surface area contributed by atoms with Crippen LogP contribution >= 0.6 is 0 Å². The molecule has 1 fully saturated rings. The predicted octanol–water partition coefficient (Wildman–Crippen LogP) is 1.20. The van der Waals surface area contributed by atoms with Crippen LogP contribution in [-0.2, 0) is 24.3 Å². The summed E-state index contributed by atoms with van der Waals surface area (Å²) < 4.78 is 32.4. The molecule has 0 bridgehead atoms. The Balaban J connectivity index is 2.03. The van der Waals surface area contributed by atoms with Crippen molar-refractivity contribution >= 4 is 21.9 Å². The van der Waals surface area contributed by atoms with E-state index in [4.69, 9.17) is 4.74 Å². The second kappa shape index (κ2) is 7.97. The van der Waals surface area contributed by atoms with E-state index in [0.717, 1.165) is 12.8 Å². The van der Waals surface area contributed by atoms with E-state index in [2.05, 4.69) is 10.0 Å². The zero-order valence-corrected chi connectivity index (χ0v) is 15.4. The lowest BCUT2D eigenvalue weighted by Crippen LogP contribution is -2.47. The van der Waals surface area contributed by atoms with Crippen molar-refractivity contribution in [2.24, 2.45) is 5.92 Å². The van der Waals surface area contributed by atoms with Crippen molar-refractivity contribution in [2.45, 2.75) is 56.7 Å². The number of sulfonamides is 1. The van der Waals surface area contributed by atoms with Gasteiger partial charge in [-0.05, 0) is 37.8 Å². The lowest BCUT2D eigenvalue weighted by molar-refractivity contribution is -0.157. The quantitative estimate of drug-likeness (QED) is 0.672. The minimum absolute atomic E-state index is 0.0629. The molecule has 0 aromatic heterocycles. The molecule has 1 amide bonds. The Bertz CT molecular complexity index is 714. The molecule has 0 aliphatic heterocycles. The van der Waals surface area contributed by atoms with Crippen molar-refractivity contribution in [3.63, 3.8) is 0 Å². The number of amides is 1. The number of carbonyl (C=O) groups excluding carboxylic acids is 2. The summed E-state index contributed by atoms with van der Waals surface area (Å²) in [4.78, 5) is 24.3. The van der Waals surface area contributed by atoms with Gasteiger partial charge in [0.1, 0.15) is 6.04 Å². The van der Waals surface area contributed by atoms with Gasteiger partial charge in [0.15, 0.2) is 6.10 Å². The molecule has 2 atom stereocenters. The van der Waals surface area contributed by atoms with Crippen LogP contribution in [0.4, 0.5) is 0 Å². The number of rotatable bonds is 8. The smallest absolute Gasteiger partial charge is 0.325 e. The van der Waals surface area contributed by atoms with Gasteiger partial charge in [0.05, 0.1) is 4.90 Å². The summed E-state index contributed by atoms with van der Waals surface area (Å²) in [7, 11) is -3.87. The Hall–Kier alpha value is -1.93. The van der Waals surface area contributed by atoms with Crippen LogP contribution in [0, 0.1) is 5.92 Å². The van der Waals surface area contributed by atoms with Gasteiger partial charge < -0.3 is 10.1 Å². The number of nitrogens with one attached hydrogen (secondary N) is 2. The van der Waals surface area contributed by atoms with Gasteiger partial charge in [-0.25, -0.2) is 8.42 Å². The molecule has 25 heavy (non-hydrogen) atoms. The third kappa shape index (κ3) is 5.54. The van der Waals surface area contributed by atoms with Gasteiger partial charge in [-0.1, -0.05) is 32.0 Å². The lowest BCUT2D eigenvalue weighted by atomic mass is 10.1. The summed E-state index contributed by atoms with van der Waals surface area (Å²) in [6.45, 7) is 4.88. The Morgan fingerprint density at radius 3 is 2.24 bits per heavy atom. The van der Waals surface area contributed by atoms with E-state index in [-0.39, 0.29) is 22.8 Å². The maximum atomic E-state index is 12.4. The van der Waals surface area contributed by atoms with Gasteiger partial charge in [0, 0.05) is 6.04 Å². The highest BCUT2D eigenvalue weighted by molar-refractivity contribution is 7.89. The Morgan fingerprint density at radius 2 is 1.72 bits per heavy atom. The fourth-order valence-corrected chi connectivity index (χ4v) is 3.49. The summed E-state index contributed by atoms with van der Waals surface area (Å²) in [5, 5.41) is 2.75. The molecule has 2 N–H and O–H groups in total. The van der Waals surface area contributed by atoms with E-state index < -0.39 is 28.1 Å². The van der Waals surface area contributed by atoms with Crippen LogP contribution in [0.1, 0.15) is 33.6 Å². The first-order valence-electron chi connectivity index (χ1n) is 8.29. The molecule has 1 aromatic carbocycles. The second-order valence-electron chi connectivity index (χ2n) is 6.52. The highest BCUT2D eigenvalue weighted by Gasteiger charge is 2.33. The fourth-order valence-electron chi connectivity index (χ4n) is 2.14. The maximum Gasteiger partial charge on any atom is 0.325 e. The van der Waals surface area contributed by atoms with Crippen LogP contribution in [0.25, 0.3) is 0 Å². The number of hydrogen-bond acceptors (Lipinski definition) is 5. The molecule has 0 unspecified atom stereocenters. The molecular formula is C17H24N2O5S. The van der Waals surface area contributed by atoms with Crippen LogP contribution in [0.5, 0.6) is 0 Å². The third-order valence-electron chi connectivity index (χ3n) is 3.84. The van der Waals surface area contributed by atoms with Gasteiger partial charge >= 0.3 is 5.97 Å². The number of hydrogen-bond donors (Lipinski definition) is 2. The first-order valence-corrected chi connectivity index (χ1v) is 9.77. The highest BCUT2D eigenvalue weighted by atomic mass is 32.2. The molecule has 1 aromatic rings. The second-order valence-corrected chi connectivity index (χ2v) is 8.23. The van der Waals surface area contributed by atoms with Crippen LogP contribution in [0.2, 0.25) is 0 Å². The molecular weight excluding hydrogens is 344 g/mol. The van der Waals surface area contributed by atoms with Gasteiger partial charge in [-0.2, -0.15) is 4.72 Å². The molecule has 8 heteroatoms. The summed E-state index contributed by atoms with van der Waals surface area (Å²) in [5.41, 5.74) is 0. The molecule has 0 spiro atoms. The maximum absolute atomic E-state index is 12.4. The predicted molar refractivity (Wildman–Crippen MR) is 92.1 cm³/mol. The summed E-state index contributed by atoms with van der Waals surface area (Å²) in [6, 6.07) is 6.86. The number of carbonyl (C=O) groups is 2. The molecule has 0 radical (unpaired) electrons. The SMILES string of the molecule is CC(C)[C@H](NS(=O)(=O)c1ccccc1)C(=O)O[C@@H](C)C(=O)NC1CC1. The van der Waals surface area contributed by atoms with Gasteiger partial charge in [-0.15, -0.1) is 0 Å². The average Bonchev–Trinajstić information content (AvgIpc) is 3.37. The third-order valence-corrected chi connectivity index (χ3v) is 5.30. The number of benzene rings is 1. The lowest BCUT2D eigenvalue weighted by Gasteiger charge is -2.22. The molecule has 1 aliphatic rings. The number of esters is 1. The van der Waals surface area contributed by atoms with Gasteiger partial charge in [-0.3, -0.25) is 9.59 Å². The normalized spacial score (nSPS) is 17.0. The van der Waals surface area contributed by atoms with Crippen molar-refractivity contribution in [3.8, 4) is 0 Å². The van der Waals surface area contributed by atoms with E-state index in [1.54, 1.807) is 32.0 Å². The topological polar surface area (TPSA) is 102 Å². The van der Waals surface area contributed by atoms with Crippen LogP contribution in [0.15, 0.2) is 35.2 Å². The zero-order chi connectivity index (χ0) is 18.6. The molecule has 1 aliphatic carbocycles. The van der Waals surface area contributed by atoms with E-state index in [1.165, 1.54) is 19.1 Å². The minimum Gasteiger partial charge on any atom is -0.451 e. The van der Waals surface area contributed by atoms with E-state index in [0.29, 0.717) is 0 Å². The summed E-state index contributed by atoms with van der Waals surface area (Å²) in [6.07, 6.45) is 0.881. The van der Waals surface area contributed by atoms with Gasteiger partial charge in [0.25, 0.3) is 5.91 Å². The molecule has 7 nitrogen and oxygen atoms in total. The van der Waals surface area contributed by atoms with Crippen LogP contribution < -0.4 is 10.0 Å². The molecule has 0 heterocycles. The summed E-state index contributed by atoms with van der Waals surface area (Å²) >= 11 is 0. The van der Waals surface area contributed by atoms with Crippen molar-refractivity contribution in [1.29, 1.82) is 0 Å². The molecule has 1 saturated carbocycles. The Kier molecular flexibility index (Phi) is 6.18. The van der Waals surface area contributed by atoms with Crippen LogP contribution in [-0.4, -0.2) is 38.5 Å². The van der Waals surface area contributed by atoms with Crippen molar-refractivity contribution in [3.05, 3.63) is 30.3 Å². The molecule has 0 saturated heterocycles. The van der Waals surface area contributed by atoms with Crippen LogP contribution in [0.3, 0.4) is 0 Å². The largest absolute Gasteiger partial charge is 0.451 e. The zero-order valence-electron chi connectivity index (χ0n) is 14.6. The van der Waals surface area contributed by atoms with Crippen molar-refractivity contribution < 1.29 is 22.7 Å². The molecule has 2 rings (SSSR count). The molecule has 138 valence electrons. The minimum atomic E-state index is -3.87. The van der Waals surface area contributed by atoms with E-state index in [9.17, 15) is 18.0 Å². The van der Waals surface area contributed by atoms with Crippen molar-refractivity contribution in [2.75, 3.05) is 0 Å². The fraction of sp³-hybridized carbons (Fsp3) is 0.529. The Morgan fingerprint density at radius 1 is 1.12 bits per heavy atom. The standard InChI is InChI=1S/C17H24N2O5S/c1-11(2)15(19-25(22,23)14-7-5-4-6-8-14)17(21)24-12(3)16(20)18-13-9-10-13/h4-8,11-13,15,19H,9-10H2,1-3H3,(H,18,20)/t12-,15-/m0/s1. The van der Waals surface area contributed by atoms with Crippen molar-refractivity contribution in [1.82, 2.24) is 10.0 Å². The Labute approximate surface area is 148 Å².